The maximum absolute atomic E-state index is 11.1. The third-order valence-electron chi connectivity index (χ3n) is 3.64. The molecule has 0 unspecified atom stereocenters. The summed E-state index contributed by atoms with van der Waals surface area (Å²) in [6.07, 6.45) is 1.92. The van der Waals surface area contributed by atoms with Crippen molar-refractivity contribution in [1.29, 1.82) is 0 Å². The number of nitrogens with zero attached hydrogens (tertiary/aromatic N) is 1. The first-order chi connectivity index (χ1) is 9.06. The van der Waals surface area contributed by atoms with Gasteiger partial charge in [-0.1, -0.05) is 28.1 Å². The molecule has 1 aromatic rings. The number of rotatable bonds is 3. The first-order valence-electron chi connectivity index (χ1n) is 6.62. The van der Waals surface area contributed by atoms with Gasteiger partial charge in [0.2, 0.25) is 0 Å². The van der Waals surface area contributed by atoms with E-state index in [0.29, 0.717) is 12.1 Å². The number of halogens is 1. The van der Waals surface area contributed by atoms with Crippen molar-refractivity contribution in [3.05, 3.63) is 34.3 Å². The summed E-state index contributed by atoms with van der Waals surface area (Å²) in [7, 11) is 0. The van der Waals surface area contributed by atoms with E-state index in [1.54, 1.807) is 4.90 Å². The smallest absolute Gasteiger partial charge is 0.314 e. The normalized spacial score (nSPS) is 18.3. The van der Waals surface area contributed by atoms with Crippen LogP contribution >= 0.6 is 15.9 Å². The van der Waals surface area contributed by atoms with E-state index in [0.717, 1.165) is 30.4 Å². The van der Waals surface area contributed by atoms with Crippen LogP contribution in [0.5, 0.6) is 0 Å². The van der Waals surface area contributed by atoms with Crippen molar-refractivity contribution in [1.82, 2.24) is 10.2 Å². The number of amides is 2. The van der Waals surface area contributed by atoms with Gasteiger partial charge in [-0.3, -0.25) is 0 Å². The largest absolute Gasteiger partial charge is 0.351 e. The molecule has 1 aliphatic heterocycles. The Balaban J connectivity index is 1.87. The van der Waals surface area contributed by atoms with Crippen LogP contribution in [-0.4, -0.2) is 30.1 Å². The molecule has 2 rings (SSSR count). The molecule has 0 bridgehead atoms. The Morgan fingerprint density at radius 1 is 1.47 bits per heavy atom. The number of benzene rings is 1. The van der Waals surface area contributed by atoms with E-state index in [1.165, 1.54) is 5.56 Å². The van der Waals surface area contributed by atoms with Gasteiger partial charge in [0.25, 0.3) is 0 Å². The highest BCUT2D eigenvalue weighted by Gasteiger charge is 2.22. The highest BCUT2D eigenvalue weighted by molar-refractivity contribution is 9.10. The molecule has 1 fully saturated rings. The Morgan fingerprint density at radius 2 is 2.16 bits per heavy atom. The second-order valence-electron chi connectivity index (χ2n) is 5.04. The first kappa shape index (κ1) is 14.3. The van der Waals surface area contributed by atoms with Gasteiger partial charge in [0.05, 0.1) is 0 Å². The third kappa shape index (κ3) is 3.94. The van der Waals surface area contributed by atoms with E-state index in [1.807, 2.05) is 12.1 Å². The van der Waals surface area contributed by atoms with Crippen molar-refractivity contribution in [2.75, 3.05) is 13.1 Å². The number of piperidine rings is 1. The van der Waals surface area contributed by atoms with Crippen LogP contribution in [0.25, 0.3) is 0 Å². The van der Waals surface area contributed by atoms with Crippen molar-refractivity contribution >= 4 is 22.0 Å². The van der Waals surface area contributed by atoms with Crippen molar-refractivity contribution in [3.8, 4) is 0 Å². The van der Waals surface area contributed by atoms with Crippen LogP contribution in [0.4, 0.5) is 4.79 Å². The molecule has 0 radical (unpaired) electrons. The highest BCUT2D eigenvalue weighted by Crippen LogP contribution is 2.20. The molecule has 1 saturated heterocycles. The van der Waals surface area contributed by atoms with Gasteiger partial charge in [0, 0.05) is 29.6 Å². The van der Waals surface area contributed by atoms with Gasteiger partial charge in [-0.15, -0.1) is 0 Å². The quantitative estimate of drug-likeness (QED) is 0.897. The molecule has 104 valence electrons. The van der Waals surface area contributed by atoms with Crippen molar-refractivity contribution < 1.29 is 4.79 Å². The molecule has 3 N–H and O–H groups in total. The van der Waals surface area contributed by atoms with Gasteiger partial charge in [-0.05, 0) is 37.5 Å². The number of nitrogens with one attached hydrogen (secondary N) is 1. The fourth-order valence-corrected chi connectivity index (χ4v) is 2.91. The summed E-state index contributed by atoms with van der Waals surface area (Å²) < 4.78 is 1.10. The van der Waals surface area contributed by atoms with E-state index >= 15 is 0 Å². The zero-order valence-electron chi connectivity index (χ0n) is 11.1. The van der Waals surface area contributed by atoms with Gasteiger partial charge < -0.3 is 16.0 Å². The zero-order chi connectivity index (χ0) is 13.8. The summed E-state index contributed by atoms with van der Waals surface area (Å²) in [5.41, 5.74) is 6.55. The van der Waals surface area contributed by atoms with Gasteiger partial charge in [0.1, 0.15) is 0 Å². The number of carbonyl (C=O) groups excluding carboxylic acids is 1. The number of likely N-dealkylation sites (tertiary alicyclic amines) is 1. The lowest BCUT2D eigenvalue weighted by atomic mass is 10.0. The van der Waals surface area contributed by atoms with Crippen molar-refractivity contribution in [3.63, 3.8) is 0 Å². The standard InChI is InChI=1S/C14H20BrN3O/c1-10(11-3-2-4-12(15)9-11)17-13-5-7-18(8-6-13)14(16)19/h2-4,9-10,13,17H,5-8H2,1H3,(H2,16,19)/t10-/m1/s1. The lowest BCUT2D eigenvalue weighted by molar-refractivity contribution is 0.183. The number of carbonyl (C=O) groups is 1. The molecule has 5 heteroatoms. The molecule has 2 amide bonds. The molecular weight excluding hydrogens is 306 g/mol. The Bertz CT molecular complexity index is 444. The lowest BCUT2D eigenvalue weighted by Crippen LogP contribution is -2.47. The summed E-state index contributed by atoms with van der Waals surface area (Å²) in [4.78, 5) is 12.8. The van der Waals surface area contributed by atoms with Crippen LogP contribution < -0.4 is 11.1 Å². The molecular formula is C14H20BrN3O. The van der Waals surface area contributed by atoms with Gasteiger partial charge in [-0.2, -0.15) is 0 Å². The molecule has 4 nitrogen and oxygen atoms in total. The first-order valence-corrected chi connectivity index (χ1v) is 7.41. The van der Waals surface area contributed by atoms with Crippen LogP contribution in [0.1, 0.15) is 31.4 Å². The minimum absolute atomic E-state index is 0.307. The Labute approximate surface area is 122 Å². The average molecular weight is 326 g/mol. The summed E-state index contributed by atoms with van der Waals surface area (Å²) in [5.74, 6) is 0. The van der Waals surface area contributed by atoms with Crippen LogP contribution in [-0.2, 0) is 0 Å². The maximum atomic E-state index is 11.1. The number of nitrogens with two attached hydrogens (primary N) is 1. The monoisotopic (exact) mass is 325 g/mol. The Hall–Kier alpha value is -1.07. The van der Waals surface area contributed by atoms with Gasteiger partial charge in [-0.25, -0.2) is 4.79 Å². The van der Waals surface area contributed by atoms with E-state index < -0.39 is 0 Å². The summed E-state index contributed by atoms with van der Waals surface area (Å²) >= 11 is 3.49. The number of primary amides is 1. The summed E-state index contributed by atoms with van der Waals surface area (Å²) in [6, 6.07) is 8.79. The molecule has 1 atom stereocenters. The Morgan fingerprint density at radius 3 is 2.74 bits per heavy atom. The average Bonchev–Trinajstić information content (AvgIpc) is 2.39. The predicted octanol–water partition coefficient (Wildman–Crippen LogP) is 2.64. The Kier molecular flexibility index (Phi) is 4.82. The molecule has 0 saturated carbocycles. The summed E-state index contributed by atoms with van der Waals surface area (Å²) in [5, 5.41) is 3.62. The topological polar surface area (TPSA) is 58.4 Å². The van der Waals surface area contributed by atoms with Crippen molar-refractivity contribution in [2.45, 2.75) is 31.8 Å². The fraction of sp³-hybridized carbons (Fsp3) is 0.500. The molecule has 19 heavy (non-hydrogen) atoms. The molecule has 0 spiro atoms. The van der Waals surface area contributed by atoms with Crippen LogP contribution in [0.3, 0.4) is 0 Å². The number of urea groups is 1. The lowest BCUT2D eigenvalue weighted by Gasteiger charge is -2.33. The van der Waals surface area contributed by atoms with E-state index in [9.17, 15) is 4.79 Å². The van der Waals surface area contributed by atoms with Gasteiger partial charge >= 0.3 is 6.03 Å². The predicted molar refractivity (Wildman–Crippen MR) is 79.9 cm³/mol. The third-order valence-corrected chi connectivity index (χ3v) is 4.13. The molecule has 1 aliphatic rings. The molecule has 0 aromatic heterocycles. The second-order valence-corrected chi connectivity index (χ2v) is 5.96. The van der Waals surface area contributed by atoms with E-state index in [2.05, 4.69) is 40.3 Å². The SMILES string of the molecule is C[C@@H](NC1CCN(C(N)=O)CC1)c1cccc(Br)c1. The fourth-order valence-electron chi connectivity index (χ4n) is 2.49. The van der Waals surface area contributed by atoms with E-state index in [-0.39, 0.29) is 6.03 Å². The summed E-state index contributed by atoms with van der Waals surface area (Å²) in [6.45, 7) is 3.67. The number of hydrogen-bond acceptors (Lipinski definition) is 2. The molecule has 1 aromatic carbocycles. The molecule has 0 aliphatic carbocycles. The highest BCUT2D eigenvalue weighted by atomic mass is 79.9. The van der Waals surface area contributed by atoms with Crippen LogP contribution in [0.15, 0.2) is 28.7 Å². The van der Waals surface area contributed by atoms with E-state index in [4.69, 9.17) is 5.73 Å². The van der Waals surface area contributed by atoms with Crippen LogP contribution in [0, 0.1) is 0 Å². The second kappa shape index (κ2) is 6.39. The maximum Gasteiger partial charge on any atom is 0.314 e. The number of hydrogen-bond donors (Lipinski definition) is 2. The minimum Gasteiger partial charge on any atom is -0.351 e. The van der Waals surface area contributed by atoms with Crippen molar-refractivity contribution in [2.24, 2.45) is 5.73 Å². The van der Waals surface area contributed by atoms with Gasteiger partial charge in [0.15, 0.2) is 0 Å². The zero-order valence-corrected chi connectivity index (χ0v) is 12.7. The minimum atomic E-state index is -0.307. The molecule has 1 heterocycles. The van der Waals surface area contributed by atoms with Crippen LogP contribution in [0.2, 0.25) is 0 Å².